The Bertz CT molecular complexity index is 960. The maximum absolute atomic E-state index is 12.7. The van der Waals surface area contributed by atoms with Crippen molar-refractivity contribution < 1.29 is 14.6 Å². The number of phenolic OH excluding ortho intramolecular Hbond substituents is 1. The van der Waals surface area contributed by atoms with Crippen molar-refractivity contribution in [3.63, 3.8) is 0 Å². The van der Waals surface area contributed by atoms with Gasteiger partial charge in [0, 0.05) is 12.1 Å². The Balaban J connectivity index is 1.95. The molecular formula is C32H49NO3. The number of carbonyl (C=O) groups is 1. The molecule has 4 heteroatoms. The summed E-state index contributed by atoms with van der Waals surface area (Å²) in [5, 5.41) is 14.0. The van der Waals surface area contributed by atoms with E-state index >= 15 is 0 Å². The first-order valence-corrected chi connectivity index (χ1v) is 13.7. The van der Waals surface area contributed by atoms with Crippen LogP contribution in [-0.4, -0.2) is 17.6 Å². The Morgan fingerprint density at radius 1 is 0.889 bits per heavy atom. The topological polar surface area (TPSA) is 58.6 Å². The molecule has 0 aliphatic heterocycles. The highest BCUT2D eigenvalue weighted by molar-refractivity contribution is 5.91. The number of phenols is 1. The second-order valence-electron chi connectivity index (χ2n) is 12.2. The minimum absolute atomic E-state index is 0.0159. The molecule has 4 nitrogen and oxygen atoms in total. The zero-order valence-corrected chi connectivity index (χ0v) is 24.0. The van der Waals surface area contributed by atoms with Crippen molar-refractivity contribution in [2.75, 3.05) is 11.9 Å². The molecule has 2 aromatic rings. The molecule has 0 unspecified atom stereocenters. The highest BCUT2D eigenvalue weighted by atomic mass is 16.5. The quantitative estimate of drug-likeness (QED) is 0.290. The molecular weight excluding hydrogens is 446 g/mol. The number of aromatic hydroxyl groups is 1. The summed E-state index contributed by atoms with van der Waals surface area (Å²) in [6.45, 7) is 17.6. The number of benzene rings is 2. The molecule has 2 rings (SSSR count). The maximum Gasteiger partial charge on any atom is 0.224 e. The summed E-state index contributed by atoms with van der Waals surface area (Å²) in [5.41, 5.74) is 4.39. The number of nitrogens with one attached hydrogen (secondary N) is 1. The van der Waals surface area contributed by atoms with Crippen LogP contribution in [0.4, 0.5) is 5.69 Å². The summed E-state index contributed by atoms with van der Waals surface area (Å²) >= 11 is 0. The first kappa shape index (κ1) is 29.7. The van der Waals surface area contributed by atoms with Gasteiger partial charge < -0.3 is 15.2 Å². The predicted molar refractivity (Wildman–Crippen MR) is 153 cm³/mol. The zero-order chi connectivity index (χ0) is 26.9. The summed E-state index contributed by atoms with van der Waals surface area (Å²) in [5.74, 6) is 1.24. The van der Waals surface area contributed by atoms with Crippen LogP contribution in [0.3, 0.4) is 0 Å². The van der Waals surface area contributed by atoms with Crippen molar-refractivity contribution in [1.82, 2.24) is 0 Å². The van der Waals surface area contributed by atoms with Gasteiger partial charge in [0.1, 0.15) is 11.5 Å². The Morgan fingerprint density at radius 3 is 2.03 bits per heavy atom. The van der Waals surface area contributed by atoms with Crippen molar-refractivity contribution in [3.05, 3.63) is 52.6 Å². The van der Waals surface area contributed by atoms with Crippen molar-refractivity contribution in [1.29, 1.82) is 0 Å². The molecule has 0 bridgehead atoms. The molecule has 2 aromatic carbocycles. The molecule has 0 aliphatic carbocycles. The minimum Gasteiger partial charge on any atom is -0.507 e. The van der Waals surface area contributed by atoms with E-state index < -0.39 is 0 Å². The minimum atomic E-state index is -0.182. The van der Waals surface area contributed by atoms with E-state index in [0.29, 0.717) is 18.6 Å². The lowest BCUT2D eigenvalue weighted by Gasteiger charge is -2.28. The second kappa shape index (κ2) is 13.2. The second-order valence-corrected chi connectivity index (χ2v) is 12.2. The molecule has 1 amide bonds. The molecule has 0 fully saturated rings. The summed E-state index contributed by atoms with van der Waals surface area (Å²) in [4.78, 5) is 12.7. The van der Waals surface area contributed by atoms with E-state index in [2.05, 4.69) is 65.9 Å². The van der Waals surface area contributed by atoms with Gasteiger partial charge in [-0.2, -0.15) is 0 Å². The average Bonchev–Trinajstić information content (AvgIpc) is 2.77. The molecule has 0 saturated carbocycles. The Morgan fingerprint density at radius 2 is 1.47 bits per heavy atom. The lowest BCUT2D eigenvalue weighted by Crippen LogP contribution is -2.18. The van der Waals surface area contributed by atoms with Gasteiger partial charge in [0.05, 0.1) is 6.61 Å². The fourth-order valence-corrected chi connectivity index (χ4v) is 4.42. The predicted octanol–water partition coefficient (Wildman–Crippen LogP) is 8.61. The Labute approximate surface area is 219 Å². The molecule has 0 heterocycles. The molecule has 0 saturated heterocycles. The smallest absolute Gasteiger partial charge is 0.224 e. The van der Waals surface area contributed by atoms with Crippen LogP contribution in [-0.2, 0) is 22.0 Å². The number of hydrogen-bond acceptors (Lipinski definition) is 3. The lowest BCUT2D eigenvalue weighted by molar-refractivity contribution is -0.116. The van der Waals surface area contributed by atoms with Gasteiger partial charge in [0.25, 0.3) is 0 Å². The molecule has 36 heavy (non-hydrogen) atoms. The van der Waals surface area contributed by atoms with Crippen LogP contribution in [0, 0.1) is 6.92 Å². The van der Waals surface area contributed by atoms with Crippen molar-refractivity contribution >= 4 is 11.6 Å². The van der Waals surface area contributed by atoms with E-state index in [1.165, 1.54) is 32.1 Å². The van der Waals surface area contributed by atoms with Gasteiger partial charge in [-0.1, -0.05) is 92.7 Å². The first-order chi connectivity index (χ1) is 16.8. The number of rotatable bonds is 12. The number of carbonyl (C=O) groups excluding carboxylic acids is 1. The van der Waals surface area contributed by atoms with E-state index in [1.54, 1.807) is 0 Å². The standard InChI is InChI=1S/C32H49NO3/c1-9-10-11-12-13-14-19-36-28-17-16-25(20-23(28)2)33-29(34)18-15-24-21-26(31(3,4)5)30(35)27(22-24)32(6,7)8/h16-17,20-22,35H,9-15,18-19H2,1-8H3,(H,33,34). The molecule has 200 valence electrons. The van der Waals surface area contributed by atoms with Gasteiger partial charge in [-0.25, -0.2) is 0 Å². The molecule has 0 spiro atoms. The molecule has 0 atom stereocenters. The molecule has 2 N–H and O–H groups in total. The van der Waals surface area contributed by atoms with E-state index in [9.17, 15) is 9.90 Å². The number of unbranched alkanes of at least 4 members (excludes halogenated alkanes) is 5. The fourth-order valence-electron chi connectivity index (χ4n) is 4.42. The van der Waals surface area contributed by atoms with Crippen LogP contribution in [0.5, 0.6) is 11.5 Å². The van der Waals surface area contributed by atoms with Gasteiger partial charge in [0.2, 0.25) is 5.91 Å². The highest BCUT2D eigenvalue weighted by Crippen LogP contribution is 2.40. The van der Waals surface area contributed by atoms with Gasteiger partial charge in [0.15, 0.2) is 0 Å². The van der Waals surface area contributed by atoms with Crippen LogP contribution >= 0.6 is 0 Å². The third kappa shape index (κ3) is 9.19. The van der Waals surface area contributed by atoms with Gasteiger partial charge in [-0.15, -0.1) is 0 Å². The summed E-state index contributed by atoms with van der Waals surface area (Å²) in [6, 6.07) is 9.95. The van der Waals surface area contributed by atoms with Crippen LogP contribution in [0.2, 0.25) is 0 Å². The maximum atomic E-state index is 12.7. The average molecular weight is 496 g/mol. The van der Waals surface area contributed by atoms with Crippen LogP contribution in [0.15, 0.2) is 30.3 Å². The third-order valence-corrected chi connectivity index (χ3v) is 6.64. The number of aryl methyl sites for hydroxylation is 2. The van der Waals surface area contributed by atoms with E-state index in [4.69, 9.17) is 4.74 Å². The van der Waals surface area contributed by atoms with Crippen molar-refractivity contribution in [2.24, 2.45) is 0 Å². The van der Waals surface area contributed by atoms with Gasteiger partial charge >= 0.3 is 0 Å². The van der Waals surface area contributed by atoms with E-state index in [1.807, 2.05) is 25.1 Å². The Hall–Kier alpha value is -2.49. The molecule has 0 aromatic heterocycles. The highest BCUT2D eigenvalue weighted by Gasteiger charge is 2.26. The van der Waals surface area contributed by atoms with Crippen LogP contribution < -0.4 is 10.1 Å². The Kier molecular flexibility index (Phi) is 10.9. The number of amides is 1. The first-order valence-electron chi connectivity index (χ1n) is 13.7. The third-order valence-electron chi connectivity index (χ3n) is 6.64. The van der Waals surface area contributed by atoms with E-state index in [0.717, 1.165) is 46.7 Å². The normalized spacial score (nSPS) is 12.0. The number of anilines is 1. The summed E-state index contributed by atoms with van der Waals surface area (Å²) < 4.78 is 5.96. The van der Waals surface area contributed by atoms with Crippen LogP contribution in [0.1, 0.15) is 116 Å². The molecule has 0 aliphatic rings. The molecule has 0 radical (unpaired) electrons. The SMILES string of the molecule is CCCCCCCCOc1ccc(NC(=O)CCc2cc(C(C)(C)C)c(O)c(C(C)(C)C)c2)cc1C. The van der Waals surface area contributed by atoms with E-state index in [-0.39, 0.29) is 16.7 Å². The van der Waals surface area contributed by atoms with Gasteiger partial charge in [-0.3, -0.25) is 4.79 Å². The lowest BCUT2D eigenvalue weighted by atomic mass is 9.78. The fraction of sp³-hybridized carbons (Fsp3) is 0.594. The number of ether oxygens (including phenoxy) is 1. The largest absolute Gasteiger partial charge is 0.507 e. The zero-order valence-electron chi connectivity index (χ0n) is 24.0. The van der Waals surface area contributed by atoms with Crippen LogP contribution in [0.25, 0.3) is 0 Å². The number of hydrogen-bond donors (Lipinski definition) is 2. The van der Waals surface area contributed by atoms with Crippen molar-refractivity contribution in [3.8, 4) is 11.5 Å². The summed E-state index contributed by atoms with van der Waals surface area (Å²) in [6.07, 6.45) is 8.47. The summed E-state index contributed by atoms with van der Waals surface area (Å²) in [7, 11) is 0. The monoisotopic (exact) mass is 495 g/mol. The van der Waals surface area contributed by atoms with Crippen molar-refractivity contribution in [2.45, 2.75) is 118 Å². The van der Waals surface area contributed by atoms with Gasteiger partial charge in [-0.05, 0) is 71.0 Å².